The predicted molar refractivity (Wildman–Crippen MR) is 89.0 cm³/mol. The number of esters is 1. The van der Waals surface area contributed by atoms with Gasteiger partial charge < -0.3 is 14.5 Å². The SMILES string of the molecule is CCOC(=O)C1=C(C)NC2=C(C(=O)CC(C)(C)C2)C1c1ccco1. The van der Waals surface area contributed by atoms with E-state index in [9.17, 15) is 9.59 Å². The van der Waals surface area contributed by atoms with E-state index in [0.717, 1.165) is 17.8 Å². The number of allylic oxidation sites excluding steroid dienone is 3. The fourth-order valence-corrected chi connectivity index (χ4v) is 3.66. The van der Waals surface area contributed by atoms with Crippen LogP contribution in [-0.4, -0.2) is 18.4 Å². The van der Waals surface area contributed by atoms with Gasteiger partial charge in [0.25, 0.3) is 0 Å². The molecule has 0 fully saturated rings. The molecule has 1 unspecified atom stereocenters. The van der Waals surface area contributed by atoms with Gasteiger partial charge in [0.15, 0.2) is 5.78 Å². The second-order valence-corrected chi connectivity index (χ2v) is 7.17. The van der Waals surface area contributed by atoms with Gasteiger partial charge in [-0.25, -0.2) is 4.79 Å². The Balaban J connectivity index is 2.14. The minimum Gasteiger partial charge on any atom is -0.468 e. The molecule has 0 saturated carbocycles. The Hall–Kier alpha value is -2.30. The molecule has 128 valence electrons. The summed E-state index contributed by atoms with van der Waals surface area (Å²) in [4.78, 5) is 25.4. The van der Waals surface area contributed by atoms with Crippen LogP contribution >= 0.6 is 0 Å². The largest absolute Gasteiger partial charge is 0.468 e. The summed E-state index contributed by atoms with van der Waals surface area (Å²) in [5.41, 5.74) is 2.61. The van der Waals surface area contributed by atoms with Gasteiger partial charge >= 0.3 is 5.97 Å². The maximum atomic E-state index is 12.9. The summed E-state index contributed by atoms with van der Waals surface area (Å²) in [6.45, 7) is 8.06. The van der Waals surface area contributed by atoms with Crippen molar-refractivity contribution in [1.82, 2.24) is 5.32 Å². The summed E-state index contributed by atoms with van der Waals surface area (Å²) in [7, 11) is 0. The van der Waals surface area contributed by atoms with E-state index >= 15 is 0 Å². The van der Waals surface area contributed by atoms with Crippen molar-refractivity contribution in [3.8, 4) is 0 Å². The Bertz CT molecular complexity index is 737. The molecule has 5 heteroatoms. The number of hydrogen-bond donors (Lipinski definition) is 1. The zero-order valence-electron chi connectivity index (χ0n) is 14.6. The fraction of sp³-hybridized carbons (Fsp3) is 0.474. The van der Waals surface area contributed by atoms with Crippen LogP contribution in [0.25, 0.3) is 0 Å². The summed E-state index contributed by atoms with van der Waals surface area (Å²) in [5, 5.41) is 3.28. The highest BCUT2D eigenvalue weighted by Gasteiger charge is 2.44. The van der Waals surface area contributed by atoms with E-state index in [1.54, 1.807) is 25.3 Å². The van der Waals surface area contributed by atoms with Crippen LogP contribution in [0.3, 0.4) is 0 Å². The molecule has 1 aliphatic carbocycles. The molecule has 1 aromatic heterocycles. The van der Waals surface area contributed by atoms with E-state index < -0.39 is 11.9 Å². The van der Waals surface area contributed by atoms with Crippen LogP contribution in [0.15, 0.2) is 45.4 Å². The van der Waals surface area contributed by atoms with Gasteiger partial charge in [0, 0.05) is 23.4 Å². The van der Waals surface area contributed by atoms with Crippen molar-refractivity contribution in [1.29, 1.82) is 0 Å². The maximum Gasteiger partial charge on any atom is 0.336 e. The maximum absolute atomic E-state index is 12.9. The van der Waals surface area contributed by atoms with Gasteiger partial charge in [-0.2, -0.15) is 0 Å². The lowest BCUT2D eigenvalue weighted by molar-refractivity contribution is -0.138. The van der Waals surface area contributed by atoms with Crippen LogP contribution in [0.5, 0.6) is 0 Å². The molecule has 0 amide bonds. The Morgan fingerprint density at radius 3 is 2.79 bits per heavy atom. The first-order chi connectivity index (χ1) is 11.3. The molecule has 1 N–H and O–H groups in total. The molecule has 0 aromatic carbocycles. The summed E-state index contributed by atoms with van der Waals surface area (Å²) >= 11 is 0. The van der Waals surface area contributed by atoms with Gasteiger partial charge in [-0.05, 0) is 37.8 Å². The number of carbonyl (C=O) groups excluding carboxylic acids is 2. The van der Waals surface area contributed by atoms with Crippen LogP contribution in [0.1, 0.15) is 52.2 Å². The molecule has 3 rings (SSSR count). The van der Waals surface area contributed by atoms with E-state index in [0.29, 0.717) is 23.3 Å². The summed E-state index contributed by atoms with van der Waals surface area (Å²) in [6, 6.07) is 3.58. The van der Waals surface area contributed by atoms with Gasteiger partial charge in [-0.3, -0.25) is 4.79 Å². The number of ketones is 1. The quantitative estimate of drug-likeness (QED) is 0.860. The Kier molecular flexibility index (Phi) is 4.11. The molecule has 1 atom stereocenters. The number of hydrogen-bond acceptors (Lipinski definition) is 5. The highest BCUT2D eigenvalue weighted by atomic mass is 16.5. The van der Waals surface area contributed by atoms with Crippen LogP contribution in [-0.2, 0) is 14.3 Å². The molecular formula is C19H23NO4. The van der Waals surface area contributed by atoms with Gasteiger partial charge in [0.05, 0.1) is 24.4 Å². The lowest BCUT2D eigenvalue weighted by atomic mass is 9.69. The number of nitrogens with one attached hydrogen (secondary N) is 1. The van der Waals surface area contributed by atoms with Gasteiger partial charge in [0.1, 0.15) is 5.76 Å². The van der Waals surface area contributed by atoms with Gasteiger partial charge in [-0.1, -0.05) is 13.8 Å². The van der Waals surface area contributed by atoms with E-state index in [1.165, 1.54) is 0 Å². The predicted octanol–water partition coefficient (Wildman–Crippen LogP) is 3.45. The molecular weight excluding hydrogens is 306 g/mol. The minimum atomic E-state index is -0.501. The molecule has 0 radical (unpaired) electrons. The van der Waals surface area contributed by atoms with E-state index in [1.807, 2.05) is 6.92 Å². The minimum absolute atomic E-state index is 0.0597. The second-order valence-electron chi connectivity index (χ2n) is 7.17. The molecule has 2 aliphatic rings. The number of Topliss-reactive ketones (excluding diaryl/α,β-unsaturated/α-hetero) is 1. The highest BCUT2D eigenvalue weighted by Crippen LogP contribution is 2.46. The van der Waals surface area contributed by atoms with Crippen molar-refractivity contribution in [2.75, 3.05) is 6.61 Å². The Morgan fingerprint density at radius 2 is 2.17 bits per heavy atom. The molecule has 1 aliphatic heterocycles. The smallest absolute Gasteiger partial charge is 0.336 e. The number of furan rings is 1. The summed E-state index contributed by atoms with van der Waals surface area (Å²) in [6.07, 6.45) is 2.78. The first-order valence-electron chi connectivity index (χ1n) is 8.28. The van der Waals surface area contributed by atoms with Crippen LogP contribution in [0, 0.1) is 5.41 Å². The monoisotopic (exact) mass is 329 g/mol. The average Bonchev–Trinajstić information content (AvgIpc) is 2.98. The van der Waals surface area contributed by atoms with Crippen LogP contribution < -0.4 is 5.32 Å². The molecule has 24 heavy (non-hydrogen) atoms. The lowest BCUT2D eigenvalue weighted by Crippen LogP contribution is -2.38. The third-order valence-corrected chi connectivity index (χ3v) is 4.56. The topological polar surface area (TPSA) is 68.5 Å². The van der Waals surface area contributed by atoms with Crippen molar-refractivity contribution in [2.45, 2.75) is 46.5 Å². The van der Waals surface area contributed by atoms with Crippen molar-refractivity contribution >= 4 is 11.8 Å². The van der Waals surface area contributed by atoms with Gasteiger partial charge in [0.2, 0.25) is 0 Å². The number of rotatable bonds is 3. The zero-order valence-corrected chi connectivity index (χ0v) is 14.6. The van der Waals surface area contributed by atoms with Crippen molar-refractivity contribution < 1.29 is 18.7 Å². The lowest BCUT2D eigenvalue weighted by Gasteiger charge is -2.38. The molecule has 0 spiro atoms. The second kappa shape index (κ2) is 5.96. The molecule has 1 aromatic rings. The Morgan fingerprint density at radius 1 is 1.42 bits per heavy atom. The van der Waals surface area contributed by atoms with Crippen LogP contribution in [0.2, 0.25) is 0 Å². The summed E-state index contributed by atoms with van der Waals surface area (Å²) < 4.78 is 10.8. The van der Waals surface area contributed by atoms with E-state index in [2.05, 4.69) is 19.2 Å². The van der Waals surface area contributed by atoms with E-state index in [-0.39, 0.29) is 17.8 Å². The third-order valence-electron chi connectivity index (χ3n) is 4.56. The molecule has 5 nitrogen and oxygen atoms in total. The normalized spacial score (nSPS) is 23.0. The molecule has 0 saturated heterocycles. The fourth-order valence-electron chi connectivity index (χ4n) is 3.66. The standard InChI is InChI=1S/C19H23NO4/c1-5-23-18(22)15-11(2)20-12-9-19(3,4)10-13(21)16(12)17(15)14-7-6-8-24-14/h6-8,17,20H,5,9-10H2,1-4H3. The first-order valence-corrected chi connectivity index (χ1v) is 8.28. The average molecular weight is 329 g/mol. The zero-order chi connectivity index (χ0) is 17.5. The van der Waals surface area contributed by atoms with Crippen LogP contribution in [0.4, 0.5) is 0 Å². The summed E-state index contributed by atoms with van der Waals surface area (Å²) in [5.74, 6) is -0.254. The molecule has 2 heterocycles. The first kappa shape index (κ1) is 16.6. The van der Waals surface area contributed by atoms with Crippen molar-refractivity contribution in [3.63, 3.8) is 0 Å². The van der Waals surface area contributed by atoms with Crippen molar-refractivity contribution in [2.24, 2.45) is 5.41 Å². The van der Waals surface area contributed by atoms with Gasteiger partial charge in [-0.15, -0.1) is 0 Å². The number of carbonyl (C=O) groups is 2. The van der Waals surface area contributed by atoms with E-state index in [4.69, 9.17) is 9.15 Å². The number of ether oxygens (including phenoxy) is 1. The number of dihydropyridines is 1. The Labute approximate surface area is 141 Å². The van der Waals surface area contributed by atoms with Crippen molar-refractivity contribution in [3.05, 3.63) is 46.7 Å². The third kappa shape index (κ3) is 2.79. The molecule has 0 bridgehead atoms. The highest BCUT2D eigenvalue weighted by molar-refractivity contribution is 6.03.